The van der Waals surface area contributed by atoms with Gasteiger partial charge in [-0.15, -0.1) is 0 Å². The van der Waals surface area contributed by atoms with Crippen LogP contribution >= 0.6 is 0 Å². The highest BCUT2D eigenvalue weighted by molar-refractivity contribution is 5.66. The molecule has 0 spiro atoms. The zero-order valence-electron chi connectivity index (χ0n) is 12.1. The summed E-state index contributed by atoms with van der Waals surface area (Å²) in [5, 5.41) is 12.0. The zero-order chi connectivity index (χ0) is 14.4. The Morgan fingerprint density at radius 2 is 2.05 bits per heavy atom. The van der Waals surface area contributed by atoms with E-state index in [1.807, 2.05) is 20.0 Å². The van der Waals surface area contributed by atoms with Crippen LogP contribution in [-0.2, 0) is 4.79 Å². The molecule has 0 aliphatic heterocycles. The molecule has 1 aromatic rings. The Hall–Kier alpha value is -1.55. The van der Waals surface area contributed by atoms with Crippen molar-refractivity contribution >= 4 is 5.97 Å². The van der Waals surface area contributed by atoms with Crippen LogP contribution in [0.25, 0.3) is 0 Å². The summed E-state index contributed by atoms with van der Waals surface area (Å²) < 4.78 is 5.31. The molecule has 1 aromatic carbocycles. The van der Waals surface area contributed by atoms with Crippen molar-refractivity contribution in [3.8, 4) is 5.75 Å². The molecule has 0 aliphatic carbocycles. The second-order valence-electron chi connectivity index (χ2n) is 4.81. The fourth-order valence-corrected chi connectivity index (χ4v) is 2.32. The number of nitrogens with one attached hydrogen (secondary N) is 1. The summed E-state index contributed by atoms with van der Waals surface area (Å²) in [6, 6.07) is 4.34. The van der Waals surface area contributed by atoms with E-state index in [-0.39, 0.29) is 12.5 Å². The van der Waals surface area contributed by atoms with Gasteiger partial charge in [-0.05, 0) is 56.5 Å². The average molecular weight is 265 g/mol. The maximum absolute atomic E-state index is 10.6. The Morgan fingerprint density at radius 1 is 1.37 bits per heavy atom. The molecule has 0 amide bonds. The molecule has 106 valence electrons. The molecule has 19 heavy (non-hydrogen) atoms. The van der Waals surface area contributed by atoms with E-state index < -0.39 is 5.97 Å². The summed E-state index contributed by atoms with van der Waals surface area (Å²) in [5.74, 6) is 0.152. The van der Waals surface area contributed by atoms with Crippen LogP contribution in [0.15, 0.2) is 12.1 Å². The van der Waals surface area contributed by atoms with Crippen LogP contribution in [0.3, 0.4) is 0 Å². The molecular formula is C15H23NO3. The van der Waals surface area contributed by atoms with Crippen LogP contribution in [0, 0.1) is 13.8 Å². The molecule has 0 heterocycles. The third-order valence-electron chi connectivity index (χ3n) is 3.39. The van der Waals surface area contributed by atoms with E-state index in [9.17, 15) is 4.79 Å². The van der Waals surface area contributed by atoms with Gasteiger partial charge in [0.1, 0.15) is 5.75 Å². The van der Waals surface area contributed by atoms with Gasteiger partial charge in [0.05, 0.1) is 7.11 Å². The second kappa shape index (κ2) is 7.14. The highest BCUT2D eigenvalue weighted by Gasteiger charge is 2.14. The molecule has 0 aromatic heterocycles. The number of carboxylic acids is 1. The monoisotopic (exact) mass is 265 g/mol. The lowest BCUT2D eigenvalue weighted by Gasteiger charge is -2.20. The smallest absolute Gasteiger partial charge is 0.303 e. The highest BCUT2D eigenvalue weighted by atomic mass is 16.5. The van der Waals surface area contributed by atoms with Crippen molar-refractivity contribution in [2.24, 2.45) is 0 Å². The highest BCUT2D eigenvalue weighted by Crippen LogP contribution is 2.28. The Kier molecular flexibility index (Phi) is 5.83. The van der Waals surface area contributed by atoms with Gasteiger partial charge in [-0.2, -0.15) is 0 Å². The van der Waals surface area contributed by atoms with Gasteiger partial charge in [-0.1, -0.05) is 6.07 Å². The van der Waals surface area contributed by atoms with E-state index in [0.29, 0.717) is 6.42 Å². The second-order valence-corrected chi connectivity index (χ2v) is 4.81. The van der Waals surface area contributed by atoms with Crippen LogP contribution in [0.4, 0.5) is 0 Å². The zero-order valence-corrected chi connectivity index (χ0v) is 12.1. The average Bonchev–Trinajstić information content (AvgIpc) is 2.37. The predicted molar refractivity (Wildman–Crippen MR) is 75.8 cm³/mol. The Morgan fingerprint density at radius 3 is 2.58 bits per heavy atom. The van der Waals surface area contributed by atoms with Crippen molar-refractivity contribution < 1.29 is 14.6 Å². The summed E-state index contributed by atoms with van der Waals surface area (Å²) in [6.07, 6.45) is 1.70. The topological polar surface area (TPSA) is 58.6 Å². The summed E-state index contributed by atoms with van der Waals surface area (Å²) in [7, 11) is 3.58. The molecule has 0 saturated heterocycles. The number of rotatable bonds is 7. The number of aryl methyl sites for hydroxylation is 2. The van der Waals surface area contributed by atoms with Gasteiger partial charge in [0.15, 0.2) is 0 Å². The standard InChI is InChI=1S/C15H23NO3/c1-10-9-14(19-4)11(2)8-12(10)13(16-3)6-5-7-15(17)18/h8-9,13,16H,5-7H2,1-4H3,(H,17,18). The van der Waals surface area contributed by atoms with Crippen molar-refractivity contribution in [3.05, 3.63) is 28.8 Å². The Labute approximate surface area is 114 Å². The molecular weight excluding hydrogens is 242 g/mol. The van der Waals surface area contributed by atoms with E-state index in [1.54, 1.807) is 7.11 Å². The first kappa shape index (κ1) is 15.5. The van der Waals surface area contributed by atoms with Crippen molar-refractivity contribution in [1.29, 1.82) is 0 Å². The molecule has 1 atom stereocenters. The molecule has 0 saturated carbocycles. The minimum atomic E-state index is -0.738. The Bertz CT molecular complexity index is 443. The molecule has 0 bridgehead atoms. The van der Waals surface area contributed by atoms with Crippen LogP contribution in [-0.4, -0.2) is 25.2 Å². The number of benzene rings is 1. The number of hydrogen-bond donors (Lipinski definition) is 2. The van der Waals surface area contributed by atoms with E-state index in [1.165, 1.54) is 5.56 Å². The van der Waals surface area contributed by atoms with Crippen molar-refractivity contribution in [2.75, 3.05) is 14.2 Å². The van der Waals surface area contributed by atoms with E-state index >= 15 is 0 Å². The fraction of sp³-hybridized carbons (Fsp3) is 0.533. The number of carboxylic acid groups (broad SMARTS) is 1. The van der Waals surface area contributed by atoms with Gasteiger partial charge in [-0.25, -0.2) is 0 Å². The van der Waals surface area contributed by atoms with Gasteiger partial charge < -0.3 is 15.2 Å². The first-order valence-electron chi connectivity index (χ1n) is 6.53. The van der Waals surface area contributed by atoms with Gasteiger partial charge in [0.2, 0.25) is 0 Å². The molecule has 1 rings (SSSR count). The summed E-state index contributed by atoms with van der Waals surface area (Å²) in [5.41, 5.74) is 3.48. The van der Waals surface area contributed by atoms with Crippen molar-refractivity contribution in [3.63, 3.8) is 0 Å². The molecule has 0 aliphatic rings. The first-order chi connectivity index (χ1) is 8.99. The molecule has 0 fully saturated rings. The lowest BCUT2D eigenvalue weighted by Crippen LogP contribution is -2.18. The lowest BCUT2D eigenvalue weighted by atomic mass is 9.94. The van der Waals surface area contributed by atoms with E-state index in [0.717, 1.165) is 23.3 Å². The molecule has 4 nitrogen and oxygen atoms in total. The number of aliphatic carboxylic acids is 1. The van der Waals surface area contributed by atoms with E-state index in [2.05, 4.69) is 18.3 Å². The SMILES string of the molecule is CNC(CCCC(=O)O)c1cc(C)c(OC)cc1C. The van der Waals surface area contributed by atoms with Gasteiger partial charge in [-0.3, -0.25) is 4.79 Å². The number of hydrogen-bond acceptors (Lipinski definition) is 3. The minimum Gasteiger partial charge on any atom is -0.496 e. The van der Waals surface area contributed by atoms with Gasteiger partial charge >= 0.3 is 5.97 Å². The van der Waals surface area contributed by atoms with E-state index in [4.69, 9.17) is 9.84 Å². The molecule has 1 unspecified atom stereocenters. The largest absolute Gasteiger partial charge is 0.496 e. The third-order valence-corrected chi connectivity index (χ3v) is 3.39. The van der Waals surface area contributed by atoms with Crippen LogP contribution in [0.1, 0.15) is 42.0 Å². The van der Waals surface area contributed by atoms with Gasteiger partial charge in [0, 0.05) is 12.5 Å². The maximum Gasteiger partial charge on any atom is 0.303 e. The normalized spacial score (nSPS) is 12.2. The fourth-order valence-electron chi connectivity index (χ4n) is 2.32. The lowest BCUT2D eigenvalue weighted by molar-refractivity contribution is -0.137. The van der Waals surface area contributed by atoms with Crippen LogP contribution < -0.4 is 10.1 Å². The Balaban J connectivity index is 2.86. The van der Waals surface area contributed by atoms with Crippen molar-refractivity contribution in [2.45, 2.75) is 39.2 Å². The van der Waals surface area contributed by atoms with Crippen molar-refractivity contribution in [1.82, 2.24) is 5.32 Å². The predicted octanol–water partition coefficient (Wildman–Crippen LogP) is 2.83. The summed E-state index contributed by atoms with van der Waals surface area (Å²) in [4.78, 5) is 10.6. The minimum absolute atomic E-state index is 0.184. The van der Waals surface area contributed by atoms with Gasteiger partial charge in [0.25, 0.3) is 0 Å². The first-order valence-corrected chi connectivity index (χ1v) is 6.53. The number of methoxy groups -OCH3 is 1. The molecule has 2 N–H and O–H groups in total. The number of ether oxygens (including phenoxy) is 1. The van der Waals surface area contributed by atoms with Crippen LogP contribution in [0.2, 0.25) is 0 Å². The molecule has 0 radical (unpaired) electrons. The third kappa shape index (κ3) is 4.24. The maximum atomic E-state index is 10.6. The summed E-state index contributed by atoms with van der Waals surface area (Å²) >= 11 is 0. The summed E-state index contributed by atoms with van der Waals surface area (Å²) in [6.45, 7) is 4.07. The quantitative estimate of drug-likeness (QED) is 0.796. The van der Waals surface area contributed by atoms with Crippen LogP contribution in [0.5, 0.6) is 5.75 Å². The number of carbonyl (C=O) groups is 1. The molecule has 4 heteroatoms.